The highest BCUT2D eigenvalue weighted by atomic mass is 32.2. The van der Waals surface area contributed by atoms with Gasteiger partial charge in [-0.15, -0.1) is 11.8 Å². The average molecular weight is 524 g/mol. The van der Waals surface area contributed by atoms with Gasteiger partial charge in [0.15, 0.2) is 0 Å². The first-order valence-corrected chi connectivity index (χ1v) is 15.7. The van der Waals surface area contributed by atoms with Crippen LogP contribution < -0.4 is 5.32 Å². The normalized spacial score (nSPS) is 11.3. The van der Waals surface area contributed by atoms with Crippen LogP contribution in [0.4, 0.5) is 5.69 Å². The van der Waals surface area contributed by atoms with E-state index in [1.54, 1.807) is 30.3 Å². The van der Waals surface area contributed by atoms with Gasteiger partial charge in [-0.2, -0.15) is 0 Å². The number of phenols is 1. The van der Waals surface area contributed by atoms with Gasteiger partial charge in [0, 0.05) is 16.7 Å². The van der Waals surface area contributed by atoms with E-state index < -0.39 is 0 Å². The van der Waals surface area contributed by atoms with E-state index in [2.05, 4.69) is 24.4 Å². The first-order valence-electron chi connectivity index (χ1n) is 14.7. The number of unbranched alkanes of at least 4 members (excludes halogenated alkanes) is 15. The maximum absolute atomic E-state index is 12.1. The zero-order valence-corrected chi connectivity index (χ0v) is 23.9. The molecule has 0 fully saturated rings. The number of hydrogen-bond donors (Lipinski definition) is 2. The molecular formula is C33H49NO2S. The molecule has 0 bridgehead atoms. The molecule has 37 heavy (non-hydrogen) atoms. The fourth-order valence-electron chi connectivity index (χ4n) is 4.42. The summed E-state index contributed by atoms with van der Waals surface area (Å²) in [6.07, 6.45) is 25.7. The lowest BCUT2D eigenvalue weighted by atomic mass is 10.0. The summed E-state index contributed by atoms with van der Waals surface area (Å²) in [6, 6.07) is 14.8. The Balaban J connectivity index is 1.41. The Labute approximate surface area is 230 Å². The number of thioether (sulfide) groups is 1. The summed E-state index contributed by atoms with van der Waals surface area (Å²) in [4.78, 5) is 13.4. The van der Waals surface area contributed by atoms with Crippen molar-refractivity contribution in [2.24, 2.45) is 0 Å². The topological polar surface area (TPSA) is 49.3 Å². The fraction of sp³-hybridized carbons (Fsp3) is 0.545. The number of aromatic hydroxyl groups is 1. The Morgan fingerprint density at radius 2 is 1.19 bits per heavy atom. The summed E-state index contributed by atoms with van der Waals surface area (Å²) in [5, 5.41) is 12.2. The third-order valence-electron chi connectivity index (χ3n) is 6.71. The van der Waals surface area contributed by atoms with Crippen molar-refractivity contribution < 1.29 is 9.90 Å². The van der Waals surface area contributed by atoms with Crippen LogP contribution in [-0.4, -0.2) is 16.8 Å². The van der Waals surface area contributed by atoms with E-state index in [0.717, 1.165) is 17.0 Å². The van der Waals surface area contributed by atoms with E-state index in [0.29, 0.717) is 0 Å². The Morgan fingerprint density at radius 1 is 0.703 bits per heavy atom. The molecule has 1 amide bonds. The molecule has 0 aliphatic rings. The number of carbonyl (C=O) groups excluding carboxylic acids is 1. The zero-order chi connectivity index (χ0) is 26.4. The summed E-state index contributed by atoms with van der Waals surface area (Å²) >= 11 is 1.90. The lowest BCUT2D eigenvalue weighted by Crippen LogP contribution is -2.07. The summed E-state index contributed by atoms with van der Waals surface area (Å²) in [5.74, 6) is 1.20. The van der Waals surface area contributed by atoms with Crippen LogP contribution in [0, 0.1) is 0 Å². The van der Waals surface area contributed by atoms with Crippen molar-refractivity contribution in [1.29, 1.82) is 0 Å². The third kappa shape index (κ3) is 16.3. The van der Waals surface area contributed by atoms with Gasteiger partial charge >= 0.3 is 0 Å². The van der Waals surface area contributed by atoms with Gasteiger partial charge in [-0.1, -0.05) is 115 Å². The summed E-state index contributed by atoms with van der Waals surface area (Å²) < 4.78 is 0. The van der Waals surface area contributed by atoms with Crippen molar-refractivity contribution in [3.63, 3.8) is 0 Å². The maximum Gasteiger partial charge on any atom is 0.248 e. The van der Waals surface area contributed by atoms with Gasteiger partial charge in [0.2, 0.25) is 5.91 Å². The molecule has 2 rings (SSSR count). The maximum atomic E-state index is 12.1. The second-order valence-electron chi connectivity index (χ2n) is 10.1. The molecule has 2 aromatic carbocycles. The van der Waals surface area contributed by atoms with Crippen molar-refractivity contribution in [3.05, 3.63) is 60.2 Å². The van der Waals surface area contributed by atoms with Gasteiger partial charge in [-0.05, 0) is 60.2 Å². The second kappa shape index (κ2) is 20.8. The highest BCUT2D eigenvalue weighted by Gasteiger charge is 2.00. The Bertz CT molecular complexity index is 861. The molecule has 4 heteroatoms. The van der Waals surface area contributed by atoms with Gasteiger partial charge in [0.1, 0.15) is 5.75 Å². The van der Waals surface area contributed by atoms with E-state index >= 15 is 0 Å². The van der Waals surface area contributed by atoms with Crippen molar-refractivity contribution in [3.8, 4) is 5.75 Å². The van der Waals surface area contributed by atoms with Crippen LogP contribution in [0.1, 0.15) is 115 Å². The number of nitrogens with one attached hydrogen (secondary N) is 1. The molecule has 0 saturated carbocycles. The number of amides is 1. The molecule has 0 aliphatic heterocycles. The molecule has 2 N–H and O–H groups in total. The van der Waals surface area contributed by atoms with Crippen molar-refractivity contribution in [1.82, 2.24) is 0 Å². The largest absolute Gasteiger partial charge is 0.508 e. The molecule has 0 aromatic heterocycles. The van der Waals surface area contributed by atoms with Gasteiger partial charge < -0.3 is 10.4 Å². The Hall–Kier alpha value is -2.20. The average Bonchev–Trinajstić information content (AvgIpc) is 2.91. The number of anilines is 1. The first kappa shape index (κ1) is 31.0. The first-order chi connectivity index (χ1) is 18.2. The van der Waals surface area contributed by atoms with E-state index in [9.17, 15) is 9.90 Å². The molecule has 0 saturated heterocycles. The number of phenolic OH excluding ortho intramolecular Hbond substituents is 1. The Morgan fingerprint density at radius 3 is 1.70 bits per heavy atom. The summed E-state index contributed by atoms with van der Waals surface area (Å²) in [6.45, 7) is 2.29. The highest BCUT2D eigenvalue weighted by Crippen LogP contribution is 2.22. The SMILES string of the molecule is CCCCCCCCCCCCCCCCCCSc1ccc(NC(=O)C=Cc2ccc(O)cc2)cc1. The van der Waals surface area contributed by atoms with Crippen LogP contribution in [-0.2, 0) is 4.79 Å². The zero-order valence-electron chi connectivity index (χ0n) is 23.1. The number of benzene rings is 2. The lowest BCUT2D eigenvalue weighted by molar-refractivity contribution is -0.111. The number of carbonyl (C=O) groups is 1. The smallest absolute Gasteiger partial charge is 0.248 e. The van der Waals surface area contributed by atoms with Crippen LogP contribution in [0.25, 0.3) is 6.08 Å². The van der Waals surface area contributed by atoms with Crippen molar-refractivity contribution >= 4 is 29.4 Å². The molecule has 0 heterocycles. The standard InChI is InChI=1S/C33H49NO2S/c1-2-3-4-5-6-7-8-9-10-11-12-13-14-15-16-17-28-37-32-25-21-30(22-26-32)34-33(36)27-20-29-18-23-31(35)24-19-29/h18-27,35H,2-17,28H2,1H3,(H,34,36). The van der Waals surface area contributed by atoms with E-state index in [-0.39, 0.29) is 11.7 Å². The van der Waals surface area contributed by atoms with Crippen molar-refractivity contribution in [2.45, 2.75) is 115 Å². The summed E-state index contributed by atoms with van der Waals surface area (Å²) in [7, 11) is 0. The predicted molar refractivity (Wildman–Crippen MR) is 162 cm³/mol. The molecule has 0 atom stereocenters. The van der Waals surface area contributed by atoms with Gasteiger partial charge in [-0.25, -0.2) is 0 Å². The van der Waals surface area contributed by atoms with E-state index in [4.69, 9.17) is 0 Å². The molecule has 0 aliphatic carbocycles. The minimum absolute atomic E-state index is 0.165. The molecule has 204 valence electrons. The molecule has 2 aromatic rings. The van der Waals surface area contributed by atoms with Crippen LogP contribution in [0.15, 0.2) is 59.5 Å². The van der Waals surface area contributed by atoms with E-state index in [1.807, 2.05) is 23.9 Å². The molecule has 0 spiro atoms. The monoisotopic (exact) mass is 523 g/mol. The fourth-order valence-corrected chi connectivity index (χ4v) is 5.33. The number of rotatable bonds is 21. The van der Waals surface area contributed by atoms with Crippen LogP contribution in [0.2, 0.25) is 0 Å². The Kier molecular flexibility index (Phi) is 17.4. The lowest BCUT2D eigenvalue weighted by Gasteiger charge is -2.06. The summed E-state index contributed by atoms with van der Waals surface area (Å²) in [5.41, 5.74) is 1.67. The van der Waals surface area contributed by atoms with Crippen LogP contribution >= 0.6 is 11.8 Å². The minimum Gasteiger partial charge on any atom is -0.508 e. The number of hydrogen-bond acceptors (Lipinski definition) is 3. The van der Waals surface area contributed by atoms with Gasteiger partial charge in [-0.3, -0.25) is 4.79 Å². The van der Waals surface area contributed by atoms with Crippen LogP contribution in [0.5, 0.6) is 5.75 Å². The second-order valence-corrected chi connectivity index (χ2v) is 11.3. The van der Waals surface area contributed by atoms with Crippen LogP contribution in [0.3, 0.4) is 0 Å². The van der Waals surface area contributed by atoms with Gasteiger partial charge in [0.25, 0.3) is 0 Å². The molecule has 3 nitrogen and oxygen atoms in total. The highest BCUT2D eigenvalue weighted by molar-refractivity contribution is 7.99. The van der Waals surface area contributed by atoms with E-state index in [1.165, 1.54) is 114 Å². The van der Waals surface area contributed by atoms with Crippen molar-refractivity contribution in [2.75, 3.05) is 11.1 Å². The molecule has 0 radical (unpaired) electrons. The predicted octanol–water partition coefficient (Wildman–Crippen LogP) is 10.4. The quantitative estimate of drug-likeness (QED) is 0.0971. The van der Waals surface area contributed by atoms with Gasteiger partial charge in [0.05, 0.1) is 0 Å². The third-order valence-corrected chi connectivity index (χ3v) is 7.81. The minimum atomic E-state index is -0.165. The molecular weight excluding hydrogens is 474 g/mol. The molecule has 0 unspecified atom stereocenters.